The van der Waals surface area contributed by atoms with E-state index in [0.717, 1.165) is 70.2 Å². The van der Waals surface area contributed by atoms with Gasteiger partial charge in [-0.15, -0.1) is 0 Å². The molecule has 3 aliphatic heterocycles. The molecule has 6 nitrogen and oxygen atoms in total. The summed E-state index contributed by atoms with van der Waals surface area (Å²) in [5.41, 5.74) is 1.24. The van der Waals surface area contributed by atoms with Crippen LogP contribution >= 0.6 is 0 Å². The van der Waals surface area contributed by atoms with Crippen LogP contribution in [-0.4, -0.2) is 73.7 Å². The van der Waals surface area contributed by atoms with Crippen LogP contribution < -0.4 is 9.47 Å². The highest BCUT2D eigenvalue weighted by molar-refractivity contribution is 5.79. The zero-order valence-corrected chi connectivity index (χ0v) is 14.9. The maximum Gasteiger partial charge on any atom is 0.231 e. The molecule has 136 valence electrons. The minimum atomic E-state index is 0.233. The number of fused-ring (bicyclic) bond motifs is 1. The van der Waals surface area contributed by atoms with E-state index in [-0.39, 0.29) is 5.92 Å². The van der Waals surface area contributed by atoms with E-state index in [2.05, 4.69) is 33.9 Å². The molecule has 0 spiro atoms. The Morgan fingerprint density at radius 3 is 2.52 bits per heavy atom. The fourth-order valence-electron chi connectivity index (χ4n) is 3.94. The number of piperidine rings is 1. The lowest BCUT2D eigenvalue weighted by Gasteiger charge is -2.38. The van der Waals surface area contributed by atoms with Gasteiger partial charge in [0.15, 0.2) is 11.5 Å². The van der Waals surface area contributed by atoms with Gasteiger partial charge in [-0.2, -0.15) is 0 Å². The van der Waals surface area contributed by atoms with Gasteiger partial charge in [-0.05, 0) is 50.7 Å². The topological polar surface area (TPSA) is 45.3 Å². The zero-order chi connectivity index (χ0) is 17.2. The fraction of sp³-hybridized carbons (Fsp3) is 0.632. The van der Waals surface area contributed by atoms with Crippen LogP contribution in [0.15, 0.2) is 18.2 Å². The zero-order valence-electron chi connectivity index (χ0n) is 14.9. The van der Waals surface area contributed by atoms with Gasteiger partial charge in [0.1, 0.15) is 0 Å². The van der Waals surface area contributed by atoms with E-state index in [1.165, 1.54) is 5.56 Å². The first-order valence-corrected chi connectivity index (χ1v) is 9.27. The summed E-state index contributed by atoms with van der Waals surface area (Å²) in [6.45, 7) is 6.86. The van der Waals surface area contributed by atoms with Crippen molar-refractivity contribution in [3.63, 3.8) is 0 Å². The Labute approximate surface area is 149 Å². The Hall–Kier alpha value is -1.79. The number of piperazine rings is 1. The van der Waals surface area contributed by atoms with E-state index < -0.39 is 0 Å². The molecule has 3 heterocycles. The van der Waals surface area contributed by atoms with Crippen LogP contribution in [0.5, 0.6) is 11.5 Å². The highest BCUT2D eigenvalue weighted by Gasteiger charge is 2.29. The molecule has 0 aromatic heterocycles. The van der Waals surface area contributed by atoms with Gasteiger partial charge in [0.2, 0.25) is 12.7 Å². The summed E-state index contributed by atoms with van der Waals surface area (Å²) in [6, 6.07) is 6.15. The van der Waals surface area contributed by atoms with Crippen molar-refractivity contribution in [2.45, 2.75) is 19.4 Å². The molecule has 1 aromatic rings. The number of carbonyl (C=O) groups excluding carboxylic acids is 1. The summed E-state index contributed by atoms with van der Waals surface area (Å²) in [5, 5.41) is 0. The molecule has 2 saturated heterocycles. The van der Waals surface area contributed by atoms with Crippen LogP contribution in [0.25, 0.3) is 0 Å². The molecule has 0 unspecified atom stereocenters. The summed E-state index contributed by atoms with van der Waals surface area (Å²) in [6.07, 6.45) is 2.01. The van der Waals surface area contributed by atoms with Crippen LogP contribution in [0.2, 0.25) is 0 Å². The third-order valence-electron chi connectivity index (χ3n) is 5.59. The van der Waals surface area contributed by atoms with Crippen LogP contribution in [0.4, 0.5) is 0 Å². The van der Waals surface area contributed by atoms with Crippen LogP contribution in [-0.2, 0) is 11.3 Å². The van der Waals surface area contributed by atoms with Gasteiger partial charge in [0.25, 0.3) is 0 Å². The summed E-state index contributed by atoms with van der Waals surface area (Å²) in [7, 11) is 2.13. The van der Waals surface area contributed by atoms with Crippen LogP contribution in [0.3, 0.4) is 0 Å². The third kappa shape index (κ3) is 3.75. The number of likely N-dealkylation sites (tertiary alicyclic amines) is 1. The maximum absolute atomic E-state index is 12.7. The van der Waals surface area contributed by atoms with E-state index in [4.69, 9.17) is 9.47 Å². The Balaban J connectivity index is 1.27. The number of amides is 1. The monoisotopic (exact) mass is 345 g/mol. The standard InChI is InChI=1S/C19H27N3O3/c1-20-6-4-16(5-7-20)19(23)22-10-8-21(9-11-22)13-15-2-3-17-18(12-15)25-14-24-17/h2-3,12,16H,4-11,13-14H2,1H3. The van der Waals surface area contributed by atoms with Crippen LogP contribution in [0, 0.1) is 5.92 Å². The SMILES string of the molecule is CN1CCC(C(=O)N2CCN(Cc3ccc4c(c3)OCO4)CC2)CC1. The molecule has 3 aliphatic rings. The van der Waals surface area contributed by atoms with Crippen molar-refractivity contribution in [1.82, 2.24) is 14.7 Å². The van der Waals surface area contributed by atoms with E-state index in [1.807, 2.05) is 6.07 Å². The number of hydrogen-bond donors (Lipinski definition) is 0. The fourth-order valence-corrected chi connectivity index (χ4v) is 3.94. The smallest absolute Gasteiger partial charge is 0.231 e. The predicted molar refractivity (Wildman–Crippen MR) is 94.6 cm³/mol. The van der Waals surface area contributed by atoms with Gasteiger partial charge in [-0.1, -0.05) is 6.07 Å². The van der Waals surface area contributed by atoms with Crippen molar-refractivity contribution >= 4 is 5.91 Å². The lowest BCUT2D eigenvalue weighted by molar-refractivity contribution is -0.138. The lowest BCUT2D eigenvalue weighted by Crippen LogP contribution is -2.51. The summed E-state index contributed by atoms with van der Waals surface area (Å²) < 4.78 is 10.8. The van der Waals surface area contributed by atoms with Crippen molar-refractivity contribution < 1.29 is 14.3 Å². The Morgan fingerprint density at radius 1 is 1.04 bits per heavy atom. The predicted octanol–water partition coefficient (Wildman–Crippen LogP) is 1.40. The second-order valence-electron chi connectivity index (χ2n) is 7.37. The first kappa shape index (κ1) is 16.7. The number of rotatable bonds is 3. The van der Waals surface area contributed by atoms with Gasteiger partial charge in [-0.25, -0.2) is 0 Å². The van der Waals surface area contributed by atoms with Gasteiger partial charge in [-0.3, -0.25) is 9.69 Å². The number of carbonyl (C=O) groups is 1. The molecule has 0 radical (unpaired) electrons. The number of ether oxygens (including phenoxy) is 2. The Morgan fingerprint density at radius 2 is 1.76 bits per heavy atom. The summed E-state index contributed by atoms with van der Waals surface area (Å²) in [4.78, 5) is 19.5. The molecular formula is C19H27N3O3. The average molecular weight is 345 g/mol. The van der Waals surface area contributed by atoms with Crippen LogP contribution in [0.1, 0.15) is 18.4 Å². The average Bonchev–Trinajstić information content (AvgIpc) is 3.10. The molecule has 0 N–H and O–H groups in total. The lowest BCUT2D eigenvalue weighted by atomic mass is 9.95. The third-order valence-corrected chi connectivity index (χ3v) is 5.59. The molecule has 1 amide bonds. The molecule has 0 aliphatic carbocycles. The van der Waals surface area contributed by atoms with E-state index in [9.17, 15) is 4.79 Å². The molecule has 0 saturated carbocycles. The number of benzene rings is 1. The van der Waals surface area contributed by atoms with Crippen molar-refractivity contribution in [2.24, 2.45) is 5.92 Å². The molecule has 0 bridgehead atoms. The first-order chi connectivity index (χ1) is 12.2. The Kier molecular flexibility index (Phi) is 4.81. The van der Waals surface area contributed by atoms with Gasteiger partial charge >= 0.3 is 0 Å². The van der Waals surface area contributed by atoms with E-state index in [1.54, 1.807) is 0 Å². The minimum absolute atomic E-state index is 0.233. The quantitative estimate of drug-likeness (QED) is 0.829. The molecule has 25 heavy (non-hydrogen) atoms. The highest BCUT2D eigenvalue weighted by atomic mass is 16.7. The van der Waals surface area contributed by atoms with Gasteiger partial charge in [0.05, 0.1) is 0 Å². The highest BCUT2D eigenvalue weighted by Crippen LogP contribution is 2.32. The van der Waals surface area contributed by atoms with Crippen molar-refractivity contribution in [1.29, 1.82) is 0 Å². The Bertz CT molecular complexity index is 620. The summed E-state index contributed by atoms with van der Waals surface area (Å²) >= 11 is 0. The molecule has 4 rings (SSSR count). The molecular weight excluding hydrogens is 318 g/mol. The van der Waals surface area contributed by atoms with E-state index in [0.29, 0.717) is 12.7 Å². The molecule has 6 heteroatoms. The van der Waals surface area contributed by atoms with Gasteiger partial charge in [0, 0.05) is 38.6 Å². The largest absolute Gasteiger partial charge is 0.454 e. The minimum Gasteiger partial charge on any atom is -0.454 e. The second kappa shape index (κ2) is 7.22. The number of hydrogen-bond acceptors (Lipinski definition) is 5. The summed E-state index contributed by atoms with van der Waals surface area (Å²) in [5.74, 6) is 2.28. The second-order valence-corrected chi connectivity index (χ2v) is 7.37. The normalized spacial score (nSPS) is 22.4. The van der Waals surface area contributed by atoms with Crippen molar-refractivity contribution in [3.05, 3.63) is 23.8 Å². The van der Waals surface area contributed by atoms with Crippen molar-refractivity contribution in [2.75, 3.05) is 53.1 Å². The maximum atomic E-state index is 12.7. The van der Waals surface area contributed by atoms with E-state index >= 15 is 0 Å². The molecule has 2 fully saturated rings. The molecule has 0 atom stereocenters. The first-order valence-electron chi connectivity index (χ1n) is 9.27. The number of nitrogens with zero attached hydrogens (tertiary/aromatic N) is 3. The van der Waals surface area contributed by atoms with Crippen molar-refractivity contribution in [3.8, 4) is 11.5 Å². The van der Waals surface area contributed by atoms with Gasteiger partial charge < -0.3 is 19.3 Å². The molecule has 1 aromatic carbocycles.